The number of hydrogen-bond acceptors (Lipinski definition) is 7. The van der Waals surface area contributed by atoms with E-state index in [4.69, 9.17) is 4.74 Å². The van der Waals surface area contributed by atoms with Gasteiger partial charge >= 0.3 is 0 Å². The summed E-state index contributed by atoms with van der Waals surface area (Å²) >= 11 is 4.56. The Kier molecular flexibility index (Phi) is 6.06. The maximum atomic E-state index is 11.9. The molecule has 0 saturated carbocycles. The Labute approximate surface area is 158 Å². The van der Waals surface area contributed by atoms with Gasteiger partial charge in [0.2, 0.25) is 0 Å². The molecule has 2 heterocycles. The first-order chi connectivity index (χ1) is 12.2. The van der Waals surface area contributed by atoms with E-state index in [1.807, 2.05) is 43.5 Å². The summed E-state index contributed by atoms with van der Waals surface area (Å²) in [6.45, 7) is 4.61. The highest BCUT2D eigenvalue weighted by atomic mass is 32.2. The van der Waals surface area contributed by atoms with Crippen LogP contribution in [0.3, 0.4) is 0 Å². The van der Waals surface area contributed by atoms with Crippen LogP contribution in [-0.4, -0.2) is 29.5 Å². The average molecular weight is 392 g/mol. The molecule has 0 atom stereocenters. The maximum Gasteiger partial charge on any atom is 0.250 e. The van der Waals surface area contributed by atoms with E-state index in [1.54, 1.807) is 28.9 Å². The topological polar surface area (TPSA) is 63.6 Å². The summed E-state index contributed by atoms with van der Waals surface area (Å²) in [5, 5.41) is 6.00. The van der Waals surface area contributed by atoms with Crippen LogP contribution in [0, 0.1) is 6.92 Å². The molecule has 3 rings (SSSR count). The number of thiazole rings is 1. The van der Waals surface area contributed by atoms with Crippen molar-refractivity contribution in [2.24, 2.45) is 5.10 Å². The fourth-order valence-electron chi connectivity index (χ4n) is 2.04. The van der Waals surface area contributed by atoms with Crippen LogP contribution in [-0.2, 0) is 4.79 Å². The molecule has 0 aliphatic heterocycles. The first-order valence-corrected chi connectivity index (χ1v) is 10.4. The molecule has 0 radical (unpaired) electrons. The van der Waals surface area contributed by atoms with Crippen LogP contribution in [0.1, 0.15) is 17.4 Å². The molecule has 0 saturated heterocycles. The van der Waals surface area contributed by atoms with E-state index in [1.165, 1.54) is 11.8 Å². The summed E-state index contributed by atoms with van der Waals surface area (Å²) in [7, 11) is 0. The third-order valence-electron chi connectivity index (χ3n) is 3.25. The molecule has 2 aromatic heterocycles. The number of benzene rings is 1. The quantitative estimate of drug-likeness (QED) is 0.370. The number of thiophene rings is 1. The van der Waals surface area contributed by atoms with E-state index in [0.717, 1.165) is 30.7 Å². The number of nitrogens with zero attached hydrogens (tertiary/aromatic N) is 2. The van der Waals surface area contributed by atoms with Crippen LogP contribution in [0.25, 0.3) is 10.2 Å². The molecule has 3 aromatic rings. The third-order valence-corrected chi connectivity index (χ3v) is 6.37. The van der Waals surface area contributed by atoms with Crippen molar-refractivity contribution in [2.45, 2.75) is 18.2 Å². The van der Waals surface area contributed by atoms with Crippen molar-refractivity contribution in [3.05, 3.63) is 40.1 Å². The van der Waals surface area contributed by atoms with Crippen molar-refractivity contribution in [3.8, 4) is 5.75 Å². The van der Waals surface area contributed by atoms with E-state index < -0.39 is 0 Å². The minimum absolute atomic E-state index is 0.148. The molecule has 1 amide bonds. The maximum absolute atomic E-state index is 11.9. The van der Waals surface area contributed by atoms with E-state index >= 15 is 0 Å². The van der Waals surface area contributed by atoms with Crippen molar-refractivity contribution in [1.82, 2.24) is 10.4 Å². The molecule has 5 nitrogen and oxygen atoms in total. The number of aryl methyl sites for hydroxylation is 1. The minimum Gasteiger partial charge on any atom is -0.494 e. The van der Waals surface area contributed by atoms with Crippen LogP contribution in [0.2, 0.25) is 0 Å². The second kappa shape index (κ2) is 8.46. The van der Waals surface area contributed by atoms with Crippen molar-refractivity contribution < 1.29 is 9.53 Å². The van der Waals surface area contributed by atoms with Gasteiger partial charge in [-0.05, 0) is 49.1 Å². The highest BCUT2D eigenvalue weighted by Gasteiger charge is 2.08. The molecule has 0 unspecified atom stereocenters. The number of carbonyl (C=O) groups is 1. The second-order valence-electron chi connectivity index (χ2n) is 5.09. The van der Waals surface area contributed by atoms with Crippen LogP contribution < -0.4 is 10.2 Å². The van der Waals surface area contributed by atoms with Crippen LogP contribution in [0.5, 0.6) is 5.75 Å². The van der Waals surface area contributed by atoms with E-state index in [2.05, 4.69) is 15.5 Å². The van der Waals surface area contributed by atoms with Gasteiger partial charge in [0.25, 0.3) is 5.91 Å². The Bertz CT molecular complexity index is 902. The highest BCUT2D eigenvalue weighted by molar-refractivity contribution is 8.01. The van der Waals surface area contributed by atoms with Crippen molar-refractivity contribution in [2.75, 3.05) is 12.4 Å². The predicted octanol–water partition coefficient (Wildman–Crippen LogP) is 4.31. The Hall–Kier alpha value is -1.90. The second-order valence-corrected chi connectivity index (χ2v) is 8.29. The zero-order chi connectivity index (χ0) is 17.6. The molecule has 130 valence electrons. The van der Waals surface area contributed by atoms with Crippen LogP contribution in [0.4, 0.5) is 0 Å². The zero-order valence-electron chi connectivity index (χ0n) is 13.8. The van der Waals surface area contributed by atoms with Crippen LogP contribution >= 0.6 is 34.4 Å². The first-order valence-electron chi connectivity index (χ1n) is 7.68. The summed E-state index contributed by atoms with van der Waals surface area (Å²) in [6.07, 6.45) is 1.68. The Morgan fingerprint density at radius 2 is 2.32 bits per heavy atom. The van der Waals surface area contributed by atoms with Gasteiger partial charge in [0.15, 0.2) is 4.34 Å². The van der Waals surface area contributed by atoms with Gasteiger partial charge in [0, 0.05) is 4.88 Å². The molecule has 8 heteroatoms. The van der Waals surface area contributed by atoms with Gasteiger partial charge in [-0.25, -0.2) is 10.4 Å². The average Bonchev–Trinajstić information content (AvgIpc) is 3.19. The Morgan fingerprint density at radius 1 is 1.44 bits per heavy atom. The Balaban J connectivity index is 1.54. The predicted molar refractivity (Wildman–Crippen MR) is 106 cm³/mol. The van der Waals surface area contributed by atoms with Crippen molar-refractivity contribution >= 4 is 56.8 Å². The SMILES string of the molecule is CCOc1ccc2nc(SCC(=O)NN=Cc3sccc3C)sc2c1. The largest absolute Gasteiger partial charge is 0.494 e. The monoisotopic (exact) mass is 391 g/mol. The number of hydrazone groups is 1. The highest BCUT2D eigenvalue weighted by Crippen LogP contribution is 2.31. The van der Waals surface area contributed by atoms with Crippen molar-refractivity contribution in [1.29, 1.82) is 0 Å². The number of carbonyl (C=O) groups excluding carboxylic acids is 1. The molecule has 0 aliphatic rings. The van der Waals surface area contributed by atoms with Gasteiger partial charge in [-0.15, -0.1) is 22.7 Å². The molecule has 0 spiro atoms. The fourth-order valence-corrected chi connectivity index (χ4v) is 4.72. The lowest BCUT2D eigenvalue weighted by Gasteiger charge is -2.00. The molecular weight excluding hydrogens is 374 g/mol. The molecular formula is C17H17N3O2S3. The van der Waals surface area contributed by atoms with Gasteiger partial charge in [-0.2, -0.15) is 5.10 Å². The number of ether oxygens (including phenoxy) is 1. The van der Waals surface area contributed by atoms with Crippen molar-refractivity contribution in [3.63, 3.8) is 0 Å². The molecule has 0 aliphatic carbocycles. The summed E-state index contributed by atoms with van der Waals surface area (Å²) in [5.74, 6) is 0.967. The number of aromatic nitrogens is 1. The van der Waals surface area contributed by atoms with Crippen LogP contribution in [0.15, 0.2) is 39.1 Å². The van der Waals surface area contributed by atoms with Gasteiger partial charge in [-0.1, -0.05) is 11.8 Å². The molecule has 1 aromatic carbocycles. The Morgan fingerprint density at radius 3 is 3.08 bits per heavy atom. The van der Waals surface area contributed by atoms with E-state index in [0.29, 0.717) is 6.61 Å². The lowest BCUT2D eigenvalue weighted by Crippen LogP contribution is -2.19. The molecule has 0 bridgehead atoms. The smallest absolute Gasteiger partial charge is 0.250 e. The molecule has 25 heavy (non-hydrogen) atoms. The number of rotatable bonds is 7. The lowest BCUT2D eigenvalue weighted by atomic mass is 10.3. The summed E-state index contributed by atoms with van der Waals surface area (Å²) in [5.41, 5.74) is 4.62. The van der Waals surface area contributed by atoms with E-state index in [9.17, 15) is 4.79 Å². The van der Waals surface area contributed by atoms with E-state index in [-0.39, 0.29) is 11.7 Å². The van der Waals surface area contributed by atoms with Gasteiger partial charge in [0.05, 0.1) is 28.8 Å². The lowest BCUT2D eigenvalue weighted by molar-refractivity contribution is -0.118. The molecule has 0 fully saturated rings. The number of amides is 1. The van der Waals surface area contributed by atoms with Gasteiger partial charge in [-0.3, -0.25) is 4.79 Å². The number of hydrogen-bond donors (Lipinski definition) is 1. The van der Waals surface area contributed by atoms with Gasteiger partial charge in [0.1, 0.15) is 5.75 Å². The third kappa shape index (κ3) is 4.81. The van der Waals surface area contributed by atoms with Gasteiger partial charge < -0.3 is 4.74 Å². The summed E-state index contributed by atoms with van der Waals surface area (Å²) in [4.78, 5) is 17.5. The fraction of sp³-hybridized carbons (Fsp3) is 0.235. The zero-order valence-corrected chi connectivity index (χ0v) is 16.3. The minimum atomic E-state index is -0.148. The summed E-state index contributed by atoms with van der Waals surface area (Å²) < 4.78 is 7.41. The number of fused-ring (bicyclic) bond motifs is 1. The normalized spacial score (nSPS) is 11.3. The standard InChI is InChI=1S/C17H17N3O2S3/c1-3-22-12-4-5-13-14(8-12)25-17(19-13)24-10-16(21)20-18-9-15-11(2)6-7-23-15/h4-9H,3,10H2,1-2H3,(H,20,21). The number of thioether (sulfide) groups is 1. The summed E-state index contributed by atoms with van der Waals surface area (Å²) in [6, 6.07) is 7.85. The first kappa shape index (κ1) is 17.9. The number of nitrogens with one attached hydrogen (secondary N) is 1. The molecule has 1 N–H and O–H groups in total.